The van der Waals surface area contributed by atoms with Crippen LogP contribution < -0.4 is 4.90 Å². The van der Waals surface area contributed by atoms with E-state index in [2.05, 4.69) is 276 Å². The summed E-state index contributed by atoms with van der Waals surface area (Å²) < 4.78 is 2.37. The van der Waals surface area contributed by atoms with Crippen LogP contribution in [0.15, 0.2) is 267 Å². The summed E-state index contributed by atoms with van der Waals surface area (Å²) in [6, 6.07) is 97.3. The minimum atomic E-state index is 1.09. The molecule has 0 saturated heterocycles. The molecule has 318 valence electrons. The molecule has 0 aliphatic heterocycles. The molecular formula is C66H44N2. The van der Waals surface area contributed by atoms with Crippen molar-refractivity contribution < 1.29 is 0 Å². The van der Waals surface area contributed by atoms with Gasteiger partial charge in [0.2, 0.25) is 0 Å². The van der Waals surface area contributed by atoms with E-state index in [1.54, 1.807) is 0 Å². The lowest BCUT2D eigenvalue weighted by atomic mass is 9.93. The van der Waals surface area contributed by atoms with Gasteiger partial charge in [0, 0.05) is 33.5 Å². The lowest BCUT2D eigenvalue weighted by molar-refractivity contribution is 1.18. The average molecular weight is 865 g/mol. The van der Waals surface area contributed by atoms with Gasteiger partial charge in [0.05, 0.1) is 11.0 Å². The number of hydrogen-bond donors (Lipinski definition) is 0. The zero-order valence-corrected chi connectivity index (χ0v) is 37.3. The summed E-state index contributed by atoms with van der Waals surface area (Å²) in [5, 5.41) is 10.1. The van der Waals surface area contributed by atoms with Crippen LogP contribution in [0.25, 0.3) is 104 Å². The predicted octanol–water partition coefficient (Wildman–Crippen LogP) is 18.4. The van der Waals surface area contributed by atoms with Gasteiger partial charge in [-0.15, -0.1) is 0 Å². The van der Waals surface area contributed by atoms with Crippen molar-refractivity contribution in [3.05, 3.63) is 267 Å². The first kappa shape index (κ1) is 39.4. The molecular weight excluding hydrogens is 821 g/mol. The van der Waals surface area contributed by atoms with E-state index in [4.69, 9.17) is 0 Å². The van der Waals surface area contributed by atoms with Gasteiger partial charge in [-0.3, -0.25) is 0 Å². The van der Waals surface area contributed by atoms with Crippen LogP contribution in [0.1, 0.15) is 0 Å². The first-order valence-corrected chi connectivity index (χ1v) is 23.4. The Morgan fingerprint density at radius 1 is 0.235 bits per heavy atom. The van der Waals surface area contributed by atoms with E-state index >= 15 is 0 Å². The molecule has 2 nitrogen and oxygen atoms in total. The summed E-state index contributed by atoms with van der Waals surface area (Å²) >= 11 is 0. The third-order valence-electron chi connectivity index (χ3n) is 13.8. The number of rotatable bonds is 8. The fourth-order valence-corrected chi connectivity index (χ4v) is 10.5. The normalized spacial score (nSPS) is 11.5. The largest absolute Gasteiger partial charge is 0.311 e. The zero-order chi connectivity index (χ0) is 45.0. The fraction of sp³-hybridized carbons (Fsp3) is 0. The monoisotopic (exact) mass is 864 g/mol. The lowest BCUT2D eigenvalue weighted by Gasteiger charge is -2.26. The average Bonchev–Trinajstić information content (AvgIpc) is 3.76. The van der Waals surface area contributed by atoms with Crippen LogP contribution in [0.3, 0.4) is 0 Å². The van der Waals surface area contributed by atoms with Crippen molar-refractivity contribution in [1.82, 2.24) is 4.57 Å². The summed E-state index contributed by atoms with van der Waals surface area (Å²) in [5.74, 6) is 0. The molecule has 2 heteroatoms. The number of fused-ring (bicyclic) bond motifs is 7. The van der Waals surface area contributed by atoms with Crippen LogP contribution in [-0.4, -0.2) is 4.57 Å². The van der Waals surface area contributed by atoms with Crippen molar-refractivity contribution >= 4 is 71.2 Å². The van der Waals surface area contributed by atoms with Crippen molar-refractivity contribution in [2.24, 2.45) is 0 Å². The van der Waals surface area contributed by atoms with E-state index in [9.17, 15) is 0 Å². The Morgan fingerprint density at radius 3 is 1.19 bits per heavy atom. The number of nitrogens with zero attached hydrogens (tertiary/aromatic N) is 2. The highest BCUT2D eigenvalue weighted by Gasteiger charge is 2.17. The Bertz CT molecular complexity index is 3920. The van der Waals surface area contributed by atoms with Crippen LogP contribution in [0.5, 0.6) is 0 Å². The van der Waals surface area contributed by atoms with Gasteiger partial charge in [0.15, 0.2) is 0 Å². The molecule has 13 aromatic rings. The second kappa shape index (κ2) is 16.5. The van der Waals surface area contributed by atoms with Crippen molar-refractivity contribution in [2.75, 3.05) is 4.90 Å². The number of hydrogen-bond acceptors (Lipinski definition) is 1. The second-order valence-electron chi connectivity index (χ2n) is 17.7. The standard InChI is InChI=1S/C66H44N2/c1-3-15-57-49(12-1)14-11-21-58(57)50-26-24-45(25-27-50)46-28-36-53(37-29-46)67(55-42-34-51(35-43-55)64-44-52-13-2-4-16-59(52)60-17-5-6-18-61(60)64)54-38-30-47(31-39-54)48-32-40-56(41-33-48)68-65-22-9-7-19-62(65)63-20-8-10-23-66(63)68/h1-44H. The highest BCUT2D eigenvalue weighted by atomic mass is 15.1. The van der Waals surface area contributed by atoms with Gasteiger partial charge in [0.25, 0.3) is 0 Å². The van der Waals surface area contributed by atoms with E-state index < -0.39 is 0 Å². The maximum atomic E-state index is 2.37. The highest BCUT2D eigenvalue weighted by Crippen LogP contribution is 2.41. The molecule has 1 aromatic heterocycles. The van der Waals surface area contributed by atoms with Gasteiger partial charge < -0.3 is 9.47 Å². The number of anilines is 3. The van der Waals surface area contributed by atoms with Crippen LogP contribution in [0.4, 0.5) is 17.1 Å². The molecule has 1 heterocycles. The maximum Gasteiger partial charge on any atom is 0.0541 e. The van der Waals surface area contributed by atoms with Gasteiger partial charge in [-0.25, -0.2) is 0 Å². The Labute approximate surface area is 395 Å². The van der Waals surface area contributed by atoms with Gasteiger partial charge in [-0.05, 0) is 144 Å². The van der Waals surface area contributed by atoms with Gasteiger partial charge in [-0.1, -0.05) is 200 Å². The van der Waals surface area contributed by atoms with Gasteiger partial charge in [-0.2, -0.15) is 0 Å². The van der Waals surface area contributed by atoms with Crippen molar-refractivity contribution in [2.45, 2.75) is 0 Å². The zero-order valence-electron chi connectivity index (χ0n) is 37.3. The van der Waals surface area contributed by atoms with Crippen LogP contribution in [-0.2, 0) is 0 Å². The quantitative estimate of drug-likeness (QED) is 0.138. The summed E-state index contributed by atoms with van der Waals surface area (Å²) in [6.07, 6.45) is 0. The van der Waals surface area contributed by atoms with E-state index in [1.807, 2.05) is 0 Å². The maximum absolute atomic E-state index is 2.37. The summed E-state index contributed by atoms with van der Waals surface area (Å²) in [4.78, 5) is 2.37. The number of para-hydroxylation sites is 2. The van der Waals surface area contributed by atoms with Crippen LogP contribution >= 0.6 is 0 Å². The molecule has 0 atom stereocenters. The molecule has 0 aliphatic carbocycles. The van der Waals surface area contributed by atoms with E-state index in [0.717, 1.165) is 22.7 Å². The van der Waals surface area contributed by atoms with Crippen LogP contribution in [0.2, 0.25) is 0 Å². The minimum absolute atomic E-state index is 1.09. The Kier molecular flexibility index (Phi) is 9.54. The van der Waals surface area contributed by atoms with Crippen molar-refractivity contribution in [1.29, 1.82) is 0 Å². The van der Waals surface area contributed by atoms with Crippen LogP contribution in [0, 0.1) is 0 Å². The van der Waals surface area contributed by atoms with Crippen molar-refractivity contribution in [3.8, 4) is 50.2 Å². The molecule has 0 amide bonds. The molecule has 13 rings (SSSR count). The lowest BCUT2D eigenvalue weighted by Crippen LogP contribution is -2.09. The Morgan fingerprint density at radius 2 is 0.618 bits per heavy atom. The summed E-state index contributed by atoms with van der Waals surface area (Å²) in [6.45, 7) is 0. The highest BCUT2D eigenvalue weighted by molar-refractivity contribution is 6.14. The van der Waals surface area contributed by atoms with E-state index in [0.29, 0.717) is 0 Å². The minimum Gasteiger partial charge on any atom is -0.311 e. The van der Waals surface area contributed by atoms with Gasteiger partial charge >= 0.3 is 0 Å². The molecule has 0 spiro atoms. The SMILES string of the molecule is c1ccc2c(-c3ccc(-c4ccc(N(c5ccc(-c6ccc(-n7c8ccccc8c8ccccc87)cc6)cc5)c5ccc(-c6cc7ccccc7c7ccccc67)cc5)cc4)cc3)cccc2c1. The molecule has 0 aliphatic rings. The number of aromatic nitrogens is 1. The van der Waals surface area contributed by atoms with E-state index in [1.165, 1.54) is 98.6 Å². The Balaban J connectivity index is 0.849. The topological polar surface area (TPSA) is 8.17 Å². The summed E-state index contributed by atoms with van der Waals surface area (Å²) in [7, 11) is 0. The molecule has 0 fully saturated rings. The molecule has 0 radical (unpaired) electrons. The van der Waals surface area contributed by atoms with Crippen molar-refractivity contribution in [3.63, 3.8) is 0 Å². The predicted molar refractivity (Wildman–Crippen MR) is 290 cm³/mol. The van der Waals surface area contributed by atoms with E-state index in [-0.39, 0.29) is 0 Å². The smallest absolute Gasteiger partial charge is 0.0541 e. The first-order valence-electron chi connectivity index (χ1n) is 23.4. The second-order valence-corrected chi connectivity index (χ2v) is 17.7. The molecule has 68 heavy (non-hydrogen) atoms. The number of benzene rings is 12. The summed E-state index contributed by atoms with van der Waals surface area (Å²) in [5.41, 5.74) is 16.5. The Hall–Kier alpha value is -8.98. The molecule has 0 saturated carbocycles. The molecule has 12 aromatic carbocycles. The molecule has 0 N–H and O–H groups in total. The molecule has 0 unspecified atom stereocenters. The van der Waals surface area contributed by atoms with Gasteiger partial charge in [0.1, 0.15) is 0 Å². The third kappa shape index (κ3) is 6.82. The fourth-order valence-electron chi connectivity index (χ4n) is 10.5. The third-order valence-corrected chi connectivity index (χ3v) is 13.8. The molecule has 0 bridgehead atoms. The first-order chi connectivity index (χ1) is 33.7.